The van der Waals surface area contributed by atoms with E-state index >= 15 is 0 Å². The number of rotatable bonds is 5. The van der Waals surface area contributed by atoms with Gasteiger partial charge in [-0.1, -0.05) is 32.1 Å². The van der Waals surface area contributed by atoms with Crippen molar-refractivity contribution in [3.8, 4) is 0 Å². The summed E-state index contributed by atoms with van der Waals surface area (Å²) in [5, 5.41) is 3.93. The molecule has 0 saturated heterocycles. The van der Waals surface area contributed by atoms with Gasteiger partial charge in [0.25, 0.3) is 0 Å². The van der Waals surface area contributed by atoms with Crippen LogP contribution in [0.3, 0.4) is 0 Å². The average molecular weight is 281 g/mol. The second-order valence-electron chi connectivity index (χ2n) is 5.41. The van der Waals surface area contributed by atoms with Gasteiger partial charge < -0.3 is 11.1 Å². The molecular weight excluding hydrogens is 258 g/mol. The number of nitrogens with zero attached hydrogens (tertiary/aromatic N) is 1. The fourth-order valence-electron chi connectivity index (χ4n) is 2.68. The maximum atomic E-state index is 11.9. The van der Waals surface area contributed by atoms with Crippen molar-refractivity contribution < 1.29 is 4.79 Å². The first-order valence-corrected chi connectivity index (χ1v) is 7.91. The predicted molar refractivity (Wildman–Crippen MR) is 77.9 cm³/mol. The second kappa shape index (κ2) is 7.01. The normalized spacial score (nSPS) is 18.2. The topological polar surface area (TPSA) is 68.0 Å². The molecule has 0 radical (unpaired) electrons. The Morgan fingerprint density at radius 2 is 2.26 bits per heavy atom. The van der Waals surface area contributed by atoms with Crippen LogP contribution in [0.5, 0.6) is 0 Å². The zero-order valence-electron chi connectivity index (χ0n) is 11.5. The maximum absolute atomic E-state index is 11.9. The summed E-state index contributed by atoms with van der Waals surface area (Å²) in [4.78, 5) is 17.2. The lowest BCUT2D eigenvalue weighted by Gasteiger charge is -2.24. The minimum Gasteiger partial charge on any atom is -0.350 e. The molecular formula is C14H23N3OS. The largest absolute Gasteiger partial charge is 0.350 e. The molecule has 0 aromatic carbocycles. The standard InChI is InChI=1S/C14H23N3OS/c1-10-16-8-12(19-10)9-17-14(18)13(15)7-11-5-3-2-4-6-11/h8,11,13H,2-7,9,15H2,1H3,(H,17,18). The van der Waals surface area contributed by atoms with Crippen LogP contribution in [0.1, 0.15) is 48.4 Å². The van der Waals surface area contributed by atoms with Gasteiger partial charge in [0, 0.05) is 11.1 Å². The van der Waals surface area contributed by atoms with Gasteiger partial charge in [-0.15, -0.1) is 11.3 Å². The van der Waals surface area contributed by atoms with E-state index in [4.69, 9.17) is 5.73 Å². The Hall–Kier alpha value is -0.940. The Kier molecular flexibility index (Phi) is 5.34. The summed E-state index contributed by atoms with van der Waals surface area (Å²) < 4.78 is 0. The number of carbonyl (C=O) groups excluding carboxylic acids is 1. The lowest BCUT2D eigenvalue weighted by molar-refractivity contribution is -0.122. The summed E-state index contributed by atoms with van der Waals surface area (Å²) in [7, 11) is 0. The van der Waals surface area contributed by atoms with Crippen molar-refractivity contribution in [1.82, 2.24) is 10.3 Å². The molecule has 19 heavy (non-hydrogen) atoms. The highest BCUT2D eigenvalue weighted by Crippen LogP contribution is 2.26. The van der Waals surface area contributed by atoms with E-state index in [-0.39, 0.29) is 11.9 Å². The summed E-state index contributed by atoms with van der Waals surface area (Å²) in [5.74, 6) is 0.608. The molecule has 2 rings (SSSR count). The molecule has 1 amide bonds. The minimum absolute atomic E-state index is 0.0309. The van der Waals surface area contributed by atoms with Crippen molar-refractivity contribution in [2.24, 2.45) is 11.7 Å². The van der Waals surface area contributed by atoms with E-state index in [1.54, 1.807) is 11.3 Å². The number of nitrogens with two attached hydrogens (primary N) is 1. The van der Waals surface area contributed by atoms with E-state index in [1.165, 1.54) is 32.1 Å². The average Bonchev–Trinajstić information content (AvgIpc) is 2.83. The number of carbonyl (C=O) groups is 1. The van der Waals surface area contributed by atoms with Crippen LogP contribution in [0, 0.1) is 12.8 Å². The van der Waals surface area contributed by atoms with Crippen LogP contribution in [0.15, 0.2) is 6.20 Å². The summed E-state index contributed by atoms with van der Waals surface area (Å²) in [6.45, 7) is 2.51. The molecule has 1 saturated carbocycles. The molecule has 1 aliphatic rings. The molecule has 1 aliphatic carbocycles. The molecule has 0 bridgehead atoms. The molecule has 1 unspecified atom stereocenters. The molecule has 0 spiro atoms. The minimum atomic E-state index is -0.364. The molecule has 4 nitrogen and oxygen atoms in total. The Balaban J connectivity index is 1.72. The fourth-order valence-corrected chi connectivity index (χ4v) is 3.42. The quantitative estimate of drug-likeness (QED) is 0.870. The van der Waals surface area contributed by atoms with E-state index in [2.05, 4.69) is 10.3 Å². The first kappa shape index (κ1) is 14.5. The highest BCUT2D eigenvalue weighted by Gasteiger charge is 2.21. The zero-order valence-corrected chi connectivity index (χ0v) is 12.3. The first-order chi connectivity index (χ1) is 9.15. The number of amides is 1. The van der Waals surface area contributed by atoms with E-state index in [0.29, 0.717) is 12.5 Å². The number of aryl methyl sites for hydroxylation is 1. The monoisotopic (exact) mass is 281 g/mol. The molecule has 5 heteroatoms. The van der Waals surface area contributed by atoms with Crippen LogP contribution in [0.4, 0.5) is 0 Å². The Morgan fingerprint density at radius 1 is 1.53 bits per heavy atom. The van der Waals surface area contributed by atoms with Crippen molar-refractivity contribution >= 4 is 17.2 Å². The Bertz CT molecular complexity index is 413. The lowest BCUT2D eigenvalue weighted by atomic mass is 9.85. The van der Waals surface area contributed by atoms with Gasteiger partial charge in [0.05, 0.1) is 17.6 Å². The smallest absolute Gasteiger partial charge is 0.237 e. The molecule has 1 fully saturated rings. The van der Waals surface area contributed by atoms with E-state index in [1.807, 2.05) is 13.1 Å². The summed E-state index contributed by atoms with van der Waals surface area (Å²) >= 11 is 1.61. The number of hydrogen-bond donors (Lipinski definition) is 2. The number of thiazole rings is 1. The van der Waals surface area contributed by atoms with Gasteiger partial charge >= 0.3 is 0 Å². The molecule has 1 aromatic rings. The fraction of sp³-hybridized carbons (Fsp3) is 0.714. The molecule has 3 N–H and O–H groups in total. The number of aromatic nitrogens is 1. The molecule has 0 aliphatic heterocycles. The van der Waals surface area contributed by atoms with Gasteiger partial charge in [-0.3, -0.25) is 4.79 Å². The second-order valence-corrected chi connectivity index (χ2v) is 6.73. The maximum Gasteiger partial charge on any atom is 0.237 e. The third-order valence-corrected chi connectivity index (χ3v) is 4.67. The summed E-state index contributed by atoms with van der Waals surface area (Å²) in [6.07, 6.45) is 9.02. The molecule has 1 aromatic heterocycles. The molecule has 1 heterocycles. The van der Waals surface area contributed by atoms with Gasteiger partial charge in [0.15, 0.2) is 0 Å². The van der Waals surface area contributed by atoms with Gasteiger partial charge in [-0.25, -0.2) is 4.98 Å². The highest BCUT2D eigenvalue weighted by molar-refractivity contribution is 7.11. The van der Waals surface area contributed by atoms with E-state index in [9.17, 15) is 4.79 Å². The van der Waals surface area contributed by atoms with Crippen LogP contribution >= 0.6 is 11.3 Å². The van der Waals surface area contributed by atoms with Gasteiger partial charge in [-0.2, -0.15) is 0 Å². The van der Waals surface area contributed by atoms with Crippen LogP contribution in [0.2, 0.25) is 0 Å². The van der Waals surface area contributed by atoms with E-state index < -0.39 is 0 Å². The van der Waals surface area contributed by atoms with Crippen LogP contribution in [-0.2, 0) is 11.3 Å². The van der Waals surface area contributed by atoms with Gasteiger partial charge in [0.1, 0.15) is 0 Å². The number of hydrogen-bond acceptors (Lipinski definition) is 4. The predicted octanol–water partition coefficient (Wildman–Crippen LogP) is 2.37. The zero-order chi connectivity index (χ0) is 13.7. The molecule has 1 atom stereocenters. The first-order valence-electron chi connectivity index (χ1n) is 7.09. The van der Waals surface area contributed by atoms with Crippen molar-refractivity contribution in [3.05, 3.63) is 16.1 Å². The third-order valence-electron chi connectivity index (χ3n) is 3.75. The lowest BCUT2D eigenvalue weighted by Crippen LogP contribution is -2.41. The summed E-state index contributed by atoms with van der Waals surface area (Å²) in [6, 6.07) is -0.364. The van der Waals surface area contributed by atoms with Gasteiger partial charge in [0.2, 0.25) is 5.91 Å². The van der Waals surface area contributed by atoms with Crippen molar-refractivity contribution in [2.45, 2.75) is 58.0 Å². The van der Waals surface area contributed by atoms with Gasteiger partial charge in [-0.05, 0) is 19.3 Å². The Labute approximate surface area is 118 Å². The SMILES string of the molecule is Cc1ncc(CNC(=O)C(N)CC2CCCCC2)s1. The van der Waals surface area contributed by atoms with Crippen molar-refractivity contribution in [1.29, 1.82) is 0 Å². The van der Waals surface area contributed by atoms with Crippen LogP contribution in [-0.4, -0.2) is 16.9 Å². The molecule has 106 valence electrons. The van der Waals surface area contributed by atoms with Crippen molar-refractivity contribution in [2.75, 3.05) is 0 Å². The highest BCUT2D eigenvalue weighted by atomic mass is 32.1. The van der Waals surface area contributed by atoms with Crippen LogP contribution < -0.4 is 11.1 Å². The van der Waals surface area contributed by atoms with E-state index in [0.717, 1.165) is 16.3 Å². The summed E-state index contributed by atoms with van der Waals surface area (Å²) in [5.41, 5.74) is 5.99. The van der Waals surface area contributed by atoms with Crippen LogP contribution in [0.25, 0.3) is 0 Å². The Morgan fingerprint density at radius 3 is 2.89 bits per heavy atom. The van der Waals surface area contributed by atoms with Crippen molar-refractivity contribution in [3.63, 3.8) is 0 Å². The third kappa shape index (κ3) is 4.58. The number of nitrogens with one attached hydrogen (secondary N) is 1.